The lowest BCUT2D eigenvalue weighted by Crippen LogP contribution is -2.52. The van der Waals surface area contributed by atoms with Gasteiger partial charge < -0.3 is 19.7 Å². The van der Waals surface area contributed by atoms with Crippen molar-refractivity contribution in [1.82, 2.24) is 10.2 Å². The minimum atomic E-state index is -3.65. The molecule has 0 aromatic heterocycles. The SMILES string of the molecule is Cc1ccc(CN(C(=O)CCCN(c2ccc3c(c2)OCO3)S(C)(=O)=O)C(Cc2ccccc2)C(=O)NC2CCCCC2)cc1. The van der Waals surface area contributed by atoms with Crippen LogP contribution in [-0.4, -0.2) is 56.8 Å². The van der Waals surface area contributed by atoms with E-state index in [0.717, 1.165) is 48.6 Å². The van der Waals surface area contributed by atoms with Crippen LogP contribution in [0.25, 0.3) is 0 Å². The number of nitrogens with zero attached hydrogens (tertiary/aromatic N) is 2. The molecule has 2 amide bonds. The molecule has 240 valence electrons. The second-order valence-corrected chi connectivity index (χ2v) is 13.9. The van der Waals surface area contributed by atoms with E-state index in [1.807, 2.05) is 61.5 Å². The van der Waals surface area contributed by atoms with Crippen molar-refractivity contribution in [3.63, 3.8) is 0 Å². The van der Waals surface area contributed by atoms with Gasteiger partial charge in [0.1, 0.15) is 6.04 Å². The lowest BCUT2D eigenvalue weighted by molar-refractivity contribution is -0.141. The number of nitrogens with one attached hydrogen (secondary N) is 1. The largest absolute Gasteiger partial charge is 0.454 e. The van der Waals surface area contributed by atoms with Gasteiger partial charge in [-0.2, -0.15) is 0 Å². The number of carbonyl (C=O) groups is 2. The molecule has 1 fully saturated rings. The van der Waals surface area contributed by atoms with E-state index in [0.29, 0.717) is 23.6 Å². The second kappa shape index (κ2) is 14.8. The number of hydrogen-bond acceptors (Lipinski definition) is 6. The number of anilines is 1. The van der Waals surface area contributed by atoms with Crippen LogP contribution < -0.4 is 19.1 Å². The van der Waals surface area contributed by atoms with E-state index >= 15 is 0 Å². The van der Waals surface area contributed by atoms with Gasteiger partial charge in [0, 0.05) is 38.0 Å². The minimum absolute atomic E-state index is 0.0738. The Labute approximate surface area is 266 Å². The van der Waals surface area contributed by atoms with Crippen molar-refractivity contribution in [3.05, 3.63) is 89.5 Å². The number of sulfonamides is 1. The maximum Gasteiger partial charge on any atom is 0.243 e. The van der Waals surface area contributed by atoms with Crippen LogP contribution in [0.5, 0.6) is 11.5 Å². The summed E-state index contributed by atoms with van der Waals surface area (Å²) in [5.41, 5.74) is 3.45. The van der Waals surface area contributed by atoms with Crippen molar-refractivity contribution in [2.75, 3.05) is 23.9 Å². The summed E-state index contributed by atoms with van der Waals surface area (Å²) < 4.78 is 37.7. The predicted octanol–water partition coefficient (Wildman–Crippen LogP) is 5.36. The Kier molecular flexibility index (Phi) is 10.7. The van der Waals surface area contributed by atoms with Crippen molar-refractivity contribution < 1.29 is 27.5 Å². The van der Waals surface area contributed by atoms with E-state index in [-0.39, 0.29) is 50.6 Å². The molecule has 45 heavy (non-hydrogen) atoms. The number of rotatable bonds is 13. The number of benzene rings is 3. The zero-order valence-corrected chi connectivity index (χ0v) is 26.9. The third kappa shape index (κ3) is 8.78. The standard InChI is InChI=1S/C35H43N3O6S/c1-26-15-17-28(18-16-26)24-37(31(22-27-10-5-3-6-11-27)35(40)36-29-12-7-4-8-13-29)34(39)14-9-21-38(45(2,41)42)30-19-20-32-33(23-30)44-25-43-32/h3,5-6,10-11,15-20,23,29,31H,4,7-9,12-14,21-22,24-25H2,1-2H3,(H,36,40). The van der Waals surface area contributed by atoms with Crippen molar-refractivity contribution >= 4 is 27.5 Å². The molecule has 9 nitrogen and oxygen atoms in total. The summed E-state index contributed by atoms with van der Waals surface area (Å²) in [6.45, 7) is 2.46. The Bertz CT molecular complexity index is 1560. The molecule has 10 heteroatoms. The quantitative estimate of drug-likeness (QED) is 0.272. The van der Waals surface area contributed by atoms with Crippen molar-refractivity contribution in [3.8, 4) is 11.5 Å². The van der Waals surface area contributed by atoms with Crippen LogP contribution in [-0.2, 0) is 32.6 Å². The first-order chi connectivity index (χ1) is 21.7. The molecule has 1 atom stereocenters. The highest BCUT2D eigenvalue weighted by atomic mass is 32.2. The molecule has 1 aliphatic heterocycles. The molecular formula is C35H43N3O6S. The summed E-state index contributed by atoms with van der Waals surface area (Å²) in [5.74, 6) is 0.693. The first kappa shape index (κ1) is 32.3. The van der Waals surface area contributed by atoms with Crippen molar-refractivity contribution in [1.29, 1.82) is 0 Å². The molecule has 1 N–H and O–H groups in total. The monoisotopic (exact) mass is 633 g/mol. The fraction of sp³-hybridized carbons (Fsp3) is 0.429. The van der Waals surface area contributed by atoms with Crippen molar-refractivity contribution in [2.24, 2.45) is 0 Å². The number of ether oxygens (including phenoxy) is 2. The zero-order chi connectivity index (χ0) is 31.8. The molecule has 1 saturated carbocycles. The molecule has 0 radical (unpaired) electrons. The van der Waals surface area contributed by atoms with E-state index in [1.165, 1.54) is 10.7 Å². The van der Waals surface area contributed by atoms with Gasteiger partial charge in [-0.15, -0.1) is 0 Å². The van der Waals surface area contributed by atoms with Gasteiger partial charge in [0.15, 0.2) is 11.5 Å². The van der Waals surface area contributed by atoms with Crippen LogP contribution in [0, 0.1) is 6.92 Å². The van der Waals surface area contributed by atoms with Gasteiger partial charge in [-0.25, -0.2) is 8.42 Å². The minimum Gasteiger partial charge on any atom is -0.454 e. The molecular weight excluding hydrogens is 590 g/mol. The maximum absolute atomic E-state index is 14.1. The summed E-state index contributed by atoms with van der Waals surface area (Å²) in [6.07, 6.45) is 7.10. The van der Waals surface area contributed by atoms with Crippen LogP contribution in [0.4, 0.5) is 5.69 Å². The highest BCUT2D eigenvalue weighted by Crippen LogP contribution is 2.36. The average molecular weight is 634 g/mol. The molecule has 0 bridgehead atoms. The fourth-order valence-electron chi connectivity index (χ4n) is 6.03. The summed E-state index contributed by atoms with van der Waals surface area (Å²) in [4.78, 5) is 29.8. The van der Waals surface area contributed by atoms with Gasteiger partial charge in [-0.1, -0.05) is 79.4 Å². The molecule has 1 heterocycles. The summed E-state index contributed by atoms with van der Waals surface area (Å²) >= 11 is 0. The number of carbonyl (C=O) groups excluding carboxylic acids is 2. The molecule has 0 spiro atoms. The summed E-state index contributed by atoms with van der Waals surface area (Å²) in [7, 11) is -3.65. The van der Waals surface area contributed by atoms with Crippen LogP contribution >= 0.6 is 0 Å². The van der Waals surface area contributed by atoms with Crippen LogP contribution in [0.15, 0.2) is 72.8 Å². The molecule has 1 aliphatic carbocycles. The fourth-order valence-corrected chi connectivity index (χ4v) is 6.99. The molecule has 0 saturated heterocycles. The van der Waals surface area contributed by atoms with Gasteiger partial charge in [-0.3, -0.25) is 13.9 Å². The topological polar surface area (TPSA) is 105 Å². The average Bonchev–Trinajstić information content (AvgIpc) is 3.50. The number of amides is 2. The zero-order valence-electron chi connectivity index (χ0n) is 26.1. The highest BCUT2D eigenvalue weighted by molar-refractivity contribution is 7.92. The highest BCUT2D eigenvalue weighted by Gasteiger charge is 2.32. The van der Waals surface area contributed by atoms with Gasteiger partial charge in [0.05, 0.1) is 11.9 Å². The van der Waals surface area contributed by atoms with Crippen LogP contribution in [0.2, 0.25) is 0 Å². The van der Waals surface area contributed by atoms with Gasteiger partial charge in [0.25, 0.3) is 0 Å². The number of hydrogen-bond donors (Lipinski definition) is 1. The summed E-state index contributed by atoms with van der Waals surface area (Å²) in [5, 5.41) is 3.26. The Morgan fingerprint density at radius 2 is 1.62 bits per heavy atom. The molecule has 3 aromatic rings. The second-order valence-electron chi connectivity index (χ2n) is 12.0. The maximum atomic E-state index is 14.1. The molecule has 2 aliphatic rings. The van der Waals surface area contributed by atoms with Crippen LogP contribution in [0.1, 0.15) is 61.6 Å². The van der Waals surface area contributed by atoms with E-state index < -0.39 is 16.1 Å². The number of fused-ring (bicyclic) bond motifs is 1. The Morgan fingerprint density at radius 3 is 2.33 bits per heavy atom. The smallest absolute Gasteiger partial charge is 0.243 e. The lowest BCUT2D eigenvalue weighted by atomic mass is 9.94. The molecule has 1 unspecified atom stereocenters. The van der Waals surface area contributed by atoms with E-state index in [1.54, 1.807) is 23.1 Å². The summed E-state index contributed by atoms with van der Waals surface area (Å²) in [6, 6.07) is 22.1. The normalized spacial score (nSPS) is 15.3. The lowest BCUT2D eigenvalue weighted by Gasteiger charge is -2.34. The van der Waals surface area contributed by atoms with E-state index in [9.17, 15) is 18.0 Å². The molecule has 5 rings (SSSR count). The predicted molar refractivity (Wildman–Crippen MR) is 175 cm³/mol. The Balaban J connectivity index is 1.37. The Hall–Kier alpha value is -4.05. The first-order valence-corrected chi connectivity index (χ1v) is 17.6. The first-order valence-electron chi connectivity index (χ1n) is 15.7. The van der Waals surface area contributed by atoms with Crippen molar-refractivity contribution in [2.45, 2.75) is 76.9 Å². The third-order valence-electron chi connectivity index (χ3n) is 8.49. The van der Waals surface area contributed by atoms with E-state index in [2.05, 4.69) is 5.32 Å². The number of aryl methyl sites for hydroxylation is 1. The van der Waals surface area contributed by atoms with E-state index in [4.69, 9.17) is 9.47 Å². The van der Waals surface area contributed by atoms with Gasteiger partial charge in [0.2, 0.25) is 28.6 Å². The van der Waals surface area contributed by atoms with Crippen LogP contribution in [0.3, 0.4) is 0 Å². The third-order valence-corrected chi connectivity index (χ3v) is 9.69. The van der Waals surface area contributed by atoms with Gasteiger partial charge in [-0.05, 0) is 49.4 Å². The van der Waals surface area contributed by atoms with Gasteiger partial charge >= 0.3 is 0 Å². The Morgan fingerprint density at radius 1 is 0.911 bits per heavy atom. The molecule has 3 aromatic carbocycles.